The minimum Gasteiger partial charge on any atom is -0.338 e. The zero-order valence-electron chi connectivity index (χ0n) is 15.2. The second-order valence-electron chi connectivity index (χ2n) is 6.34. The minimum absolute atomic E-state index is 0.0287. The summed E-state index contributed by atoms with van der Waals surface area (Å²) in [6.07, 6.45) is 4.50. The van der Waals surface area contributed by atoms with Gasteiger partial charge in [-0.1, -0.05) is 20.3 Å². The molecule has 0 spiro atoms. The van der Waals surface area contributed by atoms with Gasteiger partial charge in [0.15, 0.2) is 0 Å². The molecule has 3 heterocycles. The lowest BCUT2D eigenvalue weighted by atomic mass is 10.1. The molecule has 8 nitrogen and oxygen atoms in total. The SMILES string of the molecule is CCCc1sc(C(=O)N2CCN(C(=O)Cn3cnnn3)CC2)cc1CC. The molecule has 3 rings (SSSR count). The van der Waals surface area contributed by atoms with E-state index in [1.165, 1.54) is 21.4 Å². The van der Waals surface area contributed by atoms with Gasteiger partial charge in [-0.3, -0.25) is 9.59 Å². The minimum atomic E-state index is -0.0287. The van der Waals surface area contributed by atoms with Crippen molar-refractivity contribution in [2.45, 2.75) is 39.7 Å². The van der Waals surface area contributed by atoms with Crippen LogP contribution in [-0.4, -0.2) is 68.0 Å². The summed E-state index contributed by atoms with van der Waals surface area (Å²) >= 11 is 1.62. The van der Waals surface area contributed by atoms with Gasteiger partial charge in [-0.2, -0.15) is 0 Å². The molecule has 0 saturated carbocycles. The lowest BCUT2D eigenvalue weighted by Gasteiger charge is -2.34. The molecular weight excluding hydrogens is 352 g/mol. The molecule has 2 aromatic heterocycles. The maximum absolute atomic E-state index is 12.8. The van der Waals surface area contributed by atoms with Crippen LogP contribution in [0.25, 0.3) is 0 Å². The Kier molecular flexibility index (Phi) is 5.97. The summed E-state index contributed by atoms with van der Waals surface area (Å²) in [5.74, 6) is 0.0543. The number of piperazine rings is 1. The molecule has 0 aromatic carbocycles. The van der Waals surface area contributed by atoms with Gasteiger partial charge in [-0.05, 0) is 34.9 Å². The van der Waals surface area contributed by atoms with Gasteiger partial charge >= 0.3 is 0 Å². The maximum Gasteiger partial charge on any atom is 0.264 e. The summed E-state index contributed by atoms with van der Waals surface area (Å²) in [6, 6.07) is 2.05. The van der Waals surface area contributed by atoms with E-state index >= 15 is 0 Å². The number of aryl methyl sites for hydroxylation is 2. The quantitative estimate of drug-likeness (QED) is 0.757. The highest BCUT2D eigenvalue weighted by Crippen LogP contribution is 2.26. The van der Waals surface area contributed by atoms with Crippen LogP contribution < -0.4 is 0 Å². The van der Waals surface area contributed by atoms with E-state index in [0.29, 0.717) is 26.2 Å². The Morgan fingerprint density at radius 2 is 1.88 bits per heavy atom. The number of aromatic nitrogens is 4. The predicted molar refractivity (Wildman–Crippen MR) is 98.0 cm³/mol. The summed E-state index contributed by atoms with van der Waals surface area (Å²) < 4.78 is 1.41. The van der Waals surface area contributed by atoms with Crippen LogP contribution in [0.4, 0.5) is 0 Å². The number of thiophene rings is 1. The van der Waals surface area contributed by atoms with Crippen molar-refractivity contribution in [1.82, 2.24) is 30.0 Å². The Balaban J connectivity index is 1.57. The number of tetrazole rings is 1. The van der Waals surface area contributed by atoms with Gasteiger partial charge in [-0.25, -0.2) is 4.68 Å². The van der Waals surface area contributed by atoms with E-state index in [0.717, 1.165) is 24.1 Å². The fourth-order valence-electron chi connectivity index (χ4n) is 3.12. The molecule has 0 aliphatic carbocycles. The largest absolute Gasteiger partial charge is 0.338 e. The van der Waals surface area contributed by atoms with Gasteiger partial charge in [0.1, 0.15) is 12.9 Å². The van der Waals surface area contributed by atoms with Crippen LogP contribution in [0.1, 0.15) is 40.4 Å². The second kappa shape index (κ2) is 8.39. The first-order chi connectivity index (χ1) is 12.6. The zero-order chi connectivity index (χ0) is 18.5. The smallest absolute Gasteiger partial charge is 0.264 e. The van der Waals surface area contributed by atoms with Crippen molar-refractivity contribution >= 4 is 23.2 Å². The van der Waals surface area contributed by atoms with Crippen molar-refractivity contribution in [3.05, 3.63) is 27.7 Å². The monoisotopic (exact) mass is 376 g/mol. The standard InChI is InChI=1S/C17H24N6O2S/c1-3-5-14-13(4-2)10-15(26-14)17(25)22-8-6-21(7-9-22)16(24)11-23-12-18-19-20-23/h10,12H,3-9,11H2,1-2H3. The number of hydrogen-bond donors (Lipinski definition) is 0. The van der Waals surface area contributed by atoms with E-state index < -0.39 is 0 Å². The normalized spacial score (nSPS) is 14.7. The fraction of sp³-hybridized carbons (Fsp3) is 0.588. The number of carbonyl (C=O) groups excluding carboxylic acids is 2. The molecule has 0 bridgehead atoms. The first-order valence-corrected chi connectivity index (χ1v) is 9.83. The summed E-state index contributed by atoms with van der Waals surface area (Å²) in [5, 5.41) is 10.8. The van der Waals surface area contributed by atoms with Gasteiger partial charge in [0, 0.05) is 31.1 Å². The van der Waals surface area contributed by atoms with E-state index in [-0.39, 0.29) is 18.4 Å². The summed E-state index contributed by atoms with van der Waals surface area (Å²) in [5.41, 5.74) is 1.29. The van der Waals surface area contributed by atoms with Crippen LogP contribution in [0.5, 0.6) is 0 Å². The van der Waals surface area contributed by atoms with Crippen molar-refractivity contribution in [2.75, 3.05) is 26.2 Å². The van der Waals surface area contributed by atoms with E-state index in [2.05, 4.69) is 29.4 Å². The van der Waals surface area contributed by atoms with Crippen LogP contribution in [-0.2, 0) is 24.2 Å². The molecule has 1 saturated heterocycles. The topological polar surface area (TPSA) is 84.2 Å². The molecule has 2 aromatic rings. The van der Waals surface area contributed by atoms with Gasteiger partial charge in [0.05, 0.1) is 4.88 Å². The molecule has 1 aliphatic heterocycles. The molecule has 140 valence electrons. The Morgan fingerprint density at radius 1 is 1.15 bits per heavy atom. The summed E-state index contributed by atoms with van der Waals surface area (Å²) in [4.78, 5) is 30.9. The maximum atomic E-state index is 12.8. The van der Waals surface area contributed by atoms with Crippen LogP contribution in [0.2, 0.25) is 0 Å². The molecule has 2 amide bonds. The summed E-state index contributed by atoms with van der Waals surface area (Å²) in [6.45, 7) is 6.62. The van der Waals surface area contributed by atoms with Crippen molar-refractivity contribution in [1.29, 1.82) is 0 Å². The average Bonchev–Trinajstić information content (AvgIpc) is 3.31. The number of nitrogens with zero attached hydrogens (tertiary/aromatic N) is 6. The molecule has 26 heavy (non-hydrogen) atoms. The molecular formula is C17H24N6O2S. The number of amides is 2. The molecule has 1 fully saturated rings. The zero-order valence-corrected chi connectivity index (χ0v) is 16.0. The van der Waals surface area contributed by atoms with E-state index in [9.17, 15) is 9.59 Å². The lowest BCUT2D eigenvalue weighted by molar-refractivity contribution is -0.133. The number of hydrogen-bond acceptors (Lipinski definition) is 6. The van der Waals surface area contributed by atoms with Crippen LogP contribution in [0, 0.1) is 0 Å². The molecule has 1 aliphatic rings. The molecule has 0 unspecified atom stereocenters. The van der Waals surface area contributed by atoms with Crippen LogP contribution >= 0.6 is 11.3 Å². The molecule has 9 heteroatoms. The highest BCUT2D eigenvalue weighted by molar-refractivity contribution is 7.14. The first-order valence-electron chi connectivity index (χ1n) is 9.01. The first kappa shape index (κ1) is 18.5. The Labute approximate surface area is 156 Å². The van der Waals surface area contributed by atoms with Gasteiger partial charge in [-0.15, -0.1) is 16.4 Å². The number of rotatable bonds is 6. The third kappa shape index (κ3) is 4.09. The Bertz CT molecular complexity index is 749. The third-order valence-corrected chi connectivity index (χ3v) is 5.80. The van der Waals surface area contributed by atoms with Crippen LogP contribution in [0.15, 0.2) is 12.4 Å². The van der Waals surface area contributed by atoms with Crippen LogP contribution in [0.3, 0.4) is 0 Å². The molecule has 0 N–H and O–H groups in total. The second-order valence-corrected chi connectivity index (χ2v) is 7.48. The Morgan fingerprint density at radius 3 is 2.50 bits per heavy atom. The lowest BCUT2D eigenvalue weighted by Crippen LogP contribution is -2.51. The molecule has 0 radical (unpaired) electrons. The fourth-order valence-corrected chi connectivity index (χ4v) is 4.44. The predicted octanol–water partition coefficient (Wildman–Crippen LogP) is 1.23. The van der Waals surface area contributed by atoms with Gasteiger partial charge < -0.3 is 9.80 Å². The highest BCUT2D eigenvalue weighted by Gasteiger charge is 2.26. The van der Waals surface area contributed by atoms with Crippen molar-refractivity contribution < 1.29 is 9.59 Å². The van der Waals surface area contributed by atoms with Crippen molar-refractivity contribution in [2.24, 2.45) is 0 Å². The third-order valence-electron chi connectivity index (χ3n) is 4.57. The van der Waals surface area contributed by atoms with E-state index in [4.69, 9.17) is 0 Å². The van der Waals surface area contributed by atoms with Gasteiger partial charge in [0.25, 0.3) is 5.91 Å². The van der Waals surface area contributed by atoms with E-state index in [1.54, 1.807) is 16.2 Å². The van der Waals surface area contributed by atoms with Crippen molar-refractivity contribution in [3.63, 3.8) is 0 Å². The summed E-state index contributed by atoms with van der Waals surface area (Å²) in [7, 11) is 0. The Hall–Kier alpha value is -2.29. The average molecular weight is 376 g/mol. The van der Waals surface area contributed by atoms with E-state index in [1.807, 2.05) is 11.0 Å². The van der Waals surface area contributed by atoms with Gasteiger partial charge in [0.2, 0.25) is 5.91 Å². The molecule has 0 atom stereocenters. The number of carbonyl (C=O) groups is 2. The van der Waals surface area contributed by atoms with Crippen molar-refractivity contribution in [3.8, 4) is 0 Å². The highest BCUT2D eigenvalue weighted by atomic mass is 32.1.